The Balaban J connectivity index is 2.83. The van der Waals surface area contributed by atoms with E-state index in [9.17, 15) is 0 Å². The van der Waals surface area contributed by atoms with Crippen LogP contribution in [0, 0.1) is 13.8 Å². The van der Waals surface area contributed by atoms with Crippen molar-refractivity contribution in [3.05, 3.63) is 29.1 Å². The van der Waals surface area contributed by atoms with Crippen LogP contribution < -0.4 is 5.73 Å². The standard InChI is InChI=1S/C11H15N3/c1-4-9-5-6-10-11(12)7(2)13-14(10)8(9)3/h5-6H,4,12H2,1-3H3. The van der Waals surface area contributed by atoms with Gasteiger partial charge in [-0.25, -0.2) is 4.52 Å². The molecule has 0 aromatic carbocycles. The van der Waals surface area contributed by atoms with Crippen LogP contribution in [0.25, 0.3) is 5.52 Å². The predicted octanol–water partition coefficient (Wildman–Crippen LogP) is 2.10. The van der Waals surface area contributed by atoms with Crippen LogP contribution >= 0.6 is 0 Å². The van der Waals surface area contributed by atoms with E-state index in [2.05, 4.69) is 25.0 Å². The summed E-state index contributed by atoms with van der Waals surface area (Å²) in [6, 6.07) is 4.17. The van der Waals surface area contributed by atoms with Gasteiger partial charge in [0, 0.05) is 5.69 Å². The van der Waals surface area contributed by atoms with Gasteiger partial charge in [0.05, 0.1) is 16.9 Å². The second-order valence-electron chi connectivity index (χ2n) is 3.59. The van der Waals surface area contributed by atoms with E-state index in [1.165, 1.54) is 11.3 Å². The molecule has 2 aromatic rings. The highest BCUT2D eigenvalue weighted by Crippen LogP contribution is 2.20. The largest absolute Gasteiger partial charge is 0.395 e. The lowest BCUT2D eigenvalue weighted by atomic mass is 10.1. The summed E-state index contributed by atoms with van der Waals surface area (Å²) in [5, 5.41) is 4.41. The Morgan fingerprint density at radius 3 is 2.71 bits per heavy atom. The van der Waals surface area contributed by atoms with E-state index in [-0.39, 0.29) is 0 Å². The fraction of sp³-hybridized carbons (Fsp3) is 0.364. The van der Waals surface area contributed by atoms with Crippen molar-refractivity contribution in [3.63, 3.8) is 0 Å². The minimum absolute atomic E-state index is 0.788. The van der Waals surface area contributed by atoms with Gasteiger partial charge in [-0.15, -0.1) is 0 Å². The summed E-state index contributed by atoms with van der Waals surface area (Å²) >= 11 is 0. The van der Waals surface area contributed by atoms with Gasteiger partial charge in [0.2, 0.25) is 0 Å². The van der Waals surface area contributed by atoms with Crippen LogP contribution in [0.1, 0.15) is 23.9 Å². The van der Waals surface area contributed by atoms with Crippen LogP contribution in [-0.4, -0.2) is 9.61 Å². The Hall–Kier alpha value is -1.51. The van der Waals surface area contributed by atoms with E-state index >= 15 is 0 Å². The van der Waals surface area contributed by atoms with Crippen LogP contribution in [-0.2, 0) is 6.42 Å². The van der Waals surface area contributed by atoms with Gasteiger partial charge in [-0.1, -0.05) is 13.0 Å². The lowest BCUT2D eigenvalue weighted by molar-refractivity contribution is 0.870. The third kappa shape index (κ3) is 1.09. The minimum Gasteiger partial charge on any atom is -0.395 e. The number of aryl methyl sites for hydroxylation is 3. The van der Waals surface area contributed by atoms with Gasteiger partial charge in [0.15, 0.2) is 0 Å². The first-order valence-electron chi connectivity index (χ1n) is 4.88. The molecule has 3 heteroatoms. The van der Waals surface area contributed by atoms with Crippen LogP contribution in [0.5, 0.6) is 0 Å². The van der Waals surface area contributed by atoms with Crippen molar-refractivity contribution in [2.45, 2.75) is 27.2 Å². The first kappa shape index (κ1) is 9.06. The molecule has 0 saturated heterocycles. The lowest BCUT2D eigenvalue weighted by Gasteiger charge is -2.04. The van der Waals surface area contributed by atoms with Crippen molar-refractivity contribution < 1.29 is 0 Å². The molecule has 2 heterocycles. The molecule has 2 rings (SSSR count). The van der Waals surface area contributed by atoms with E-state index in [0.29, 0.717) is 0 Å². The van der Waals surface area contributed by atoms with E-state index < -0.39 is 0 Å². The van der Waals surface area contributed by atoms with Crippen molar-refractivity contribution in [2.75, 3.05) is 5.73 Å². The van der Waals surface area contributed by atoms with Gasteiger partial charge >= 0.3 is 0 Å². The van der Waals surface area contributed by atoms with Crippen molar-refractivity contribution in [2.24, 2.45) is 0 Å². The zero-order valence-corrected chi connectivity index (χ0v) is 8.83. The molecule has 0 aliphatic carbocycles. The second kappa shape index (κ2) is 3.01. The van der Waals surface area contributed by atoms with Crippen molar-refractivity contribution in [3.8, 4) is 0 Å². The monoisotopic (exact) mass is 189 g/mol. The van der Waals surface area contributed by atoms with Crippen LogP contribution in [0.15, 0.2) is 12.1 Å². The molecule has 0 unspecified atom stereocenters. The summed E-state index contributed by atoms with van der Waals surface area (Å²) in [6.45, 7) is 6.17. The van der Waals surface area contributed by atoms with E-state index in [1.54, 1.807) is 0 Å². The molecule has 0 fully saturated rings. The number of aromatic nitrogens is 2. The Bertz CT molecular complexity index is 483. The van der Waals surface area contributed by atoms with E-state index in [0.717, 1.165) is 23.3 Å². The molecule has 0 saturated carbocycles. The molecule has 0 amide bonds. The molecule has 0 atom stereocenters. The summed E-state index contributed by atoms with van der Waals surface area (Å²) < 4.78 is 1.93. The molecule has 2 N–H and O–H groups in total. The first-order valence-corrected chi connectivity index (χ1v) is 4.88. The normalized spacial score (nSPS) is 11.1. The van der Waals surface area contributed by atoms with Crippen LogP contribution in [0.3, 0.4) is 0 Å². The van der Waals surface area contributed by atoms with Crippen LogP contribution in [0.2, 0.25) is 0 Å². The Kier molecular flexibility index (Phi) is 1.95. The van der Waals surface area contributed by atoms with Crippen molar-refractivity contribution >= 4 is 11.2 Å². The lowest BCUT2D eigenvalue weighted by Crippen LogP contribution is -1.98. The molecule has 2 aromatic heterocycles. The fourth-order valence-corrected chi connectivity index (χ4v) is 1.78. The van der Waals surface area contributed by atoms with Crippen LogP contribution in [0.4, 0.5) is 5.69 Å². The molecule has 0 spiro atoms. The number of nitrogens with zero attached hydrogens (tertiary/aromatic N) is 2. The number of nitrogen functional groups attached to an aromatic ring is 1. The first-order chi connectivity index (χ1) is 6.65. The van der Waals surface area contributed by atoms with Gasteiger partial charge in [0.25, 0.3) is 0 Å². The molecule has 0 aliphatic rings. The number of anilines is 1. The quantitative estimate of drug-likeness (QED) is 0.746. The number of hydrogen-bond acceptors (Lipinski definition) is 2. The van der Waals surface area contributed by atoms with E-state index in [1.807, 2.05) is 17.5 Å². The Morgan fingerprint density at radius 2 is 2.07 bits per heavy atom. The summed E-state index contributed by atoms with van der Waals surface area (Å²) in [5.41, 5.74) is 11.1. The predicted molar refractivity (Wildman–Crippen MR) is 58.5 cm³/mol. The average Bonchev–Trinajstić information content (AvgIpc) is 2.46. The molecule has 0 radical (unpaired) electrons. The zero-order valence-electron chi connectivity index (χ0n) is 8.83. The maximum Gasteiger partial charge on any atom is 0.0897 e. The Labute approximate surface area is 83.5 Å². The molecule has 14 heavy (non-hydrogen) atoms. The van der Waals surface area contributed by atoms with Crippen molar-refractivity contribution in [1.82, 2.24) is 9.61 Å². The number of fused-ring (bicyclic) bond motifs is 1. The number of hydrogen-bond donors (Lipinski definition) is 1. The topological polar surface area (TPSA) is 43.3 Å². The third-order valence-electron chi connectivity index (χ3n) is 2.75. The summed E-state index contributed by atoms with van der Waals surface area (Å²) in [4.78, 5) is 0. The highest BCUT2D eigenvalue weighted by atomic mass is 15.2. The highest BCUT2D eigenvalue weighted by Gasteiger charge is 2.08. The van der Waals surface area contributed by atoms with E-state index in [4.69, 9.17) is 5.73 Å². The van der Waals surface area contributed by atoms with Gasteiger partial charge in [-0.05, 0) is 31.9 Å². The molecule has 74 valence electrons. The van der Waals surface area contributed by atoms with Gasteiger partial charge < -0.3 is 5.73 Å². The number of nitrogens with two attached hydrogens (primary N) is 1. The zero-order chi connectivity index (χ0) is 10.3. The van der Waals surface area contributed by atoms with Gasteiger partial charge in [0.1, 0.15) is 0 Å². The minimum atomic E-state index is 0.788. The Morgan fingerprint density at radius 1 is 1.36 bits per heavy atom. The van der Waals surface area contributed by atoms with Crippen molar-refractivity contribution in [1.29, 1.82) is 0 Å². The number of pyridine rings is 1. The molecular formula is C11H15N3. The number of rotatable bonds is 1. The molecule has 0 bridgehead atoms. The fourth-order valence-electron chi connectivity index (χ4n) is 1.78. The maximum absolute atomic E-state index is 5.92. The maximum atomic E-state index is 5.92. The highest BCUT2D eigenvalue weighted by molar-refractivity contribution is 5.72. The molecular weight excluding hydrogens is 174 g/mol. The average molecular weight is 189 g/mol. The summed E-state index contributed by atoms with van der Waals surface area (Å²) in [5.74, 6) is 0. The van der Waals surface area contributed by atoms with Gasteiger partial charge in [-0.3, -0.25) is 0 Å². The molecule has 0 aliphatic heterocycles. The third-order valence-corrected chi connectivity index (χ3v) is 2.75. The SMILES string of the molecule is CCc1ccc2c(N)c(C)nn2c1C. The van der Waals surface area contributed by atoms with Gasteiger partial charge in [-0.2, -0.15) is 5.10 Å². The summed E-state index contributed by atoms with van der Waals surface area (Å²) in [7, 11) is 0. The second-order valence-corrected chi connectivity index (χ2v) is 3.59. The molecule has 3 nitrogen and oxygen atoms in total. The smallest absolute Gasteiger partial charge is 0.0897 e. The summed E-state index contributed by atoms with van der Waals surface area (Å²) in [6.07, 6.45) is 1.03.